The maximum absolute atomic E-state index is 5.68. The van der Waals surface area contributed by atoms with Crippen molar-refractivity contribution in [3.05, 3.63) is 23.3 Å². The molecular formula is C14H23N3. The largest absolute Gasteiger partial charge is 0.325 e. The lowest BCUT2D eigenvalue weighted by Crippen LogP contribution is -2.17. The SMILES string of the molecule is CCC1CCCC(c2nc(C)cc(CN)n2)C1. The van der Waals surface area contributed by atoms with Crippen molar-refractivity contribution in [2.24, 2.45) is 11.7 Å². The highest BCUT2D eigenvalue weighted by Crippen LogP contribution is 2.36. The summed E-state index contributed by atoms with van der Waals surface area (Å²) >= 11 is 0. The average molecular weight is 233 g/mol. The standard InChI is InChI=1S/C14H23N3/c1-3-11-5-4-6-12(8-11)14-16-10(2)7-13(9-15)17-14/h7,11-12H,3-6,8-9,15H2,1-2H3. The van der Waals surface area contributed by atoms with Gasteiger partial charge in [0.25, 0.3) is 0 Å². The molecule has 2 N–H and O–H groups in total. The molecule has 2 atom stereocenters. The predicted octanol–water partition coefficient (Wildman–Crippen LogP) is 2.93. The highest BCUT2D eigenvalue weighted by molar-refractivity contribution is 5.12. The molecule has 0 spiro atoms. The summed E-state index contributed by atoms with van der Waals surface area (Å²) in [4.78, 5) is 9.22. The van der Waals surface area contributed by atoms with Gasteiger partial charge in [-0.2, -0.15) is 0 Å². The highest BCUT2D eigenvalue weighted by atomic mass is 14.9. The molecule has 1 aromatic heterocycles. The number of aryl methyl sites for hydroxylation is 1. The van der Waals surface area contributed by atoms with Gasteiger partial charge in [-0.3, -0.25) is 0 Å². The summed E-state index contributed by atoms with van der Waals surface area (Å²) < 4.78 is 0. The van der Waals surface area contributed by atoms with Crippen molar-refractivity contribution in [1.82, 2.24) is 9.97 Å². The number of hydrogen-bond donors (Lipinski definition) is 1. The Labute approximate surface area is 104 Å². The summed E-state index contributed by atoms with van der Waals surface area (Å²) in [5.74, 6) is 2.45. The Morgan fingerprint density at radius 1 is 1.35 bits per heavy atom. The lowest BCUT2D eigenvalue weighted by atomic mass is 9.80. The van der Waals surface area contributed by atoms with Crippen molar-refractivity contribution in [1.29, 1.82) is 0 Å². The van der Waals surface area contributed by atoms with Crippen molar-refractivity contribution in [2.75, 3.05) is 0 Å². The van der Waals surface area contributed by atoms with E-state index in [-0.39, 0.29) is 0 Å². The lowest BCUT2D eigenvalue weighted by molar-refractivity contribution is 0.306. The van der Waals surface area contributed by atoms with Gasteiger partial charge in [0.15, 0.2) is 0 Å². The minimum absolute atomic E-state index is 0.514. The quantitative estimate of drug-likeness (QED) is 0.873. The molecule has 1 heterocycles. The summed E-state index contributed by atoms with van der Waals surface area (Å²) in [5.41, 5.74) is 7.71. The van der Waals surface area contributed by atoms with Gasteiger partial charge in [0.2, 0.25) is 0 Å². The molecule has 0 amide bonds. The minimum atomic E-state index is 0.514. The van der Waals surface area contributed by atoms with Crippen LogP contribution in [0, 0.1) is 12.8 Å². The van der Waals surface area contributed by atoms with Crippen LogP contribution in [0.3, 0.4) is 0 Å². The third kappa shape index (κ3) is 3.03. The van der Waals surface area contributed by atoms with E-state index in [0.717, 1.165) is 23.1 Å². The van der Waals surface area contributed by atoms with Crippen LogP contribution in [0.15, 0.2) is 6.07 Å². The van der Waals surface area contributed by atoms with E-state index >= 15 is 0 Å². The van der Waals surface area contributed by atoms with E-state index in [1.807, 2.05) is 13.0 Å². The Morgan fingerprint density at radius 3 is 2.88 bits per heavy atom. The van der Waals surface area contributed by atoms with E-state index in [1.54, 1.807) is 0 Å². The zero-order chi connectivity index (χ0) is 12.3. The number of nitrogens with zero attached hydrogens (tertiary/aromatic N) is 2. The normalized spacial score (nSPS) is 24.9. The monoisotopic (exact) mass is 233 g/mol. The predicted molar refractivity (Wildman–Crippen MR) is 69.7 cm³/mol. The van der Waals surface area contributed by atoms with Gasteiger partial charge in [-0.05, 0) is 31.7 Å². The van der Waals surface area contributed by atoms with E-state index < -0.39 is 0 Å². The van der Waals surface area contributed by atoms with Crippen LogP contribution in [-0.4, -0.2) is 9.97 Å². The molecule has 1 aliphatic rings. The van der Waals surface area contributed by atoms with E-state index in [0.29, 0.717) is 12.5 Å². The topological polar surface area (TPSA) is 51.8 Å². The van der Waals surface area contributed by atoms with Crippen LogP contribution in [-0.2, 0) is 6.54 Å². The first-order chi connectivity index (χ1) is 8.22. The van der Waals surface area contributed by atoms with Gasteiger partial charge in [-0.1, -0.05) is 26.2 Å². The summed E-state index contributed by atoms with van der Waals surface area (Å²) in [6, 6.07) is 1.99. The molecule has 0 aromatic carbocycles. The van der Waals surface area contributed by atoms with Gasteiger partial charge in [0, 0.05) is 18.2 Å². The van der Waals surface area contributed by atoms with Crippen LogP contribution in [0.2, 0.25) is 0 Å². The Kier molecular flexibility index (Phi) is 4.11. The van der Waals surface area contributed by atoms with Crippen LogP contribution < -0.4 is 5.73 Å². The molecule has 3 heteroatoms. The van der Waals surface area contributed by atoms with Gasteiger partial charge in [-0.25, -0.2) is 9.97 Å². The summed E-state index contributed by atoms with van der Waals surface area (Å²) in [6.07, 6.45) is 6.47. The lowest BCUT2D eigenvalue weighted by Gasteiger charge is -2.27. The van der Waals surface area contributed by atoms with Crippen LogP contribution >= 0.6 is 0 Å². The number of hydrogen-bond acceptors (Lipinski definition) is 3. The highest BCUT2D eigenvalue weighted by Gasteiger charge is 2.24. The summed E-state index contributed by atoms with van der Waals surface area (Å²) in [6.45, 7) is 4.83. The molecule has 0 radical (unpaired) electrons. The molecule has 1 saturated carbocycles. The van der Waals surface area contributed by atoms with Crippen molar-refractivity contribution >= 4 is 0 Å². The van der Waals surface area contributed by atoms with Crippen molar-refractivity contribution in [3.63, 3.8) is 0 Å². The van der Waals surface area contributed by atoms with Gasteiger partial charge in [0.05, 0.1) is 5.69 Å². The molecule has 1 fully saturated rings. The maximum atomic E-state index is 5.68. The third-order valence-corrected chi connectivity index (χ3v) is 3.86. The number of rotatable bonds is 3. The Balaban J connectivity index is 2.18. The van der Waals surface area contributed by atoms with Gasteiger partial charge < -0.3 is 5.73 Å². The molecule has 2 unspecified atom stereocenters. The molecule has 94 valence electrons. The van der Waals surface area contributed by atoms with Crippen LogP contribution in [0.4, 0.5) is 0 Å². The van der Waals surface area contributed by atoms with Crippen LogP contribution in [0.5, 0.6) is 0 Å². The Morgan fingerprint density at radius 2 is 2.18 bits per heavy atom. The summed E-state index contributed by atoms with van der Waals surface area (Å²) in [5, 5.41) is 0. The molecule has 3 nitrogen and oxygen atoms in total. The molecule has 0 saturated heterocycles. The molecule has 17 heavy (non-hydrogen) atoms. The zero-order valence-electron chi connectivity index (χ0n) is 10.9. The van der Waals surface area contributed by atoms with Gasteiger partial charge >= 0.3 is 0 Å². The van der Waals surface area contributed by atoms with Crippen LogP contribution in [0.25, 0.3) is 0 Å². The van der Waals surface area contributed by atoms with E-state index in [4.69, 9.17) is 5.73 Å². The fourth-order valence-electron chi connectivity index (χ4n) is 2.84. The van der Waals surface area contributed by atoms with Gasteiger partial charge in [0.1, 0.15) is 5.82 Å². The summed E-state index contributed by atoms with van der Waals surface area (Å²) in [7, 11) is 0. The van der Waals surface area contributed by atoms with E-state index in [9.17, 15) is 0 Å². The van der Waals surface area contributed by atoms with E-state index in [1.165, 1.54) is 32.1 Å². The Hall–Kier alpha value is -0.960. The second-order valence-electron chi connectivity index (χ2n) is 5.20. The van der Waals surface area contributed by atoms with Crippen molar-refractivity contribution in [3.8, 4) is 0 Å². The molecule has 0 bridgehead atoms. The average Bonchev–Trinajstić information content (AvgIpc) is 2.38. The van der Waals surface area contributed by atoms with Crippen LogP contribution in [0.1, 0.15) is 62.2 Å². The first-order valence-electron chi connectivity index (χ1n) is 6.77. The molecule has 2 rings (SSSR count). The first-order valence-corrected chi connectivity index (χ1v) is 6.77. The van der Waals surface area contributed by atoms with E-state index in [2.05, 4.69) is 16.9 Å². The smallest absolute Gasteiger partial charge is 0.131 e. The Bertz CT molecular complexity index is 376. The minimum Gasteiger partial charge on any atom is -0.325 e. The first kappa shape index (κ1) is 12.5. The number of nitrogens with two attached hydrogens (primary N) is 1. The molecule has 0 aliphatic heterocycles. The second kappa shape index (κ2) is 5.58. The molecule has 1 aromatic rings. The molecule has 1 aliphatic carbocycles. The van der Waals surface area contributed by atoms with Crippen molar-refractivity contribution in [2.45, 2.75) is 58.4 Å². The fourth-order valence-corrected chi connectivity index (χ4v) is 2.84. The second-order valence-corrected chi connectivity index (χ2v) is 5.20. The van der Waals surface area contributed by atoms with Crippen molar-refractivity contribution < 1.29 is 0 Å². The number of aromatic nitrogens is 2. The maximum Gasteiger partial charge on any atom is 0.131 e. The third-order valence-electron chi connectivity index (χ3n) is 3.86. The van der Waals surface area contributed by atoms with Gasteiger partial charge in [-0.15, -0.1) is 0 Å². The fraction of sp³-hybridized carbons (Fsp3) is 0.714. The molecular weight excluding hydrogens is 210 g/mol. The zero-order valence-corrected chi connectivity index (χ0v) is 10.9.